The quantitative estimate of drug-likeness (QED) is 0.370. The van der Waals surface area contributed by atoms with E-state index in [0.717, 1.165) is 37.1 Å². The largest absolute Gasteiger partial charge is 0.384 e. The zero-order chi connectivity index (χ0) is 14.9. The molecule has 0 radical (unpaired) electrons. The summed E-state index contributed by atoms with van der Waals surface area (Å²) in [5.74, 6) is 5.81. The Morgan fingerprint density at radius 3 is 2.50 bits per heavy atom. The summed E-state index contributed by atoms with van der Waals surface area (Å²) < 4.78 is 2.32. The predicted octanol–water partition coefficient (Wildman–Crippen LogP) is 1.15. The molecule has 2 atom stereocenters. The summed E-state index contributed by atoms with van der Waals surface area (Å²) in [6, 6.07) is 0. The highest BCUT2D eigenvalue weighted by molar-refractivity contribution is 5.41. The summed E-state index contributed by atoms with van der Waals surface area (Å²) in [5, 5.41) is 20.2. The molecule has 0 bridgehead atoms. The molecule has 0 aliphatic heterocycles. The summed E-state index contributed by atoms with van der Waals surface area (Å²) in [6.45, 7) is 7.37. The maximum absolute atomic E-state index is 10.4. The van der Waals surface area contributed by atoms with Gasteiger partial charge in [-0.2, -0.15) is 0 Å². The average Bonchev–Trinajstić information content (AvgIpc) is 2.70. The fourth-order valence-electron chi connectivity index (χ4n) is 3.30. The standard InChI is InChI=1S/C15H27N3O2/c1-9(2)8-18-10(3)13(14(19)15(20)17-16)11-6-4-5-7-12(11)18/h9,14-15,17,19-20H,4-8,16H2,1-3H3/t14-,15+/m0/s1. The van der Waals surface area contributed by atoms with Gasteiger partial charge in [-0.1, -0.05) is 13.8 Å². The van der Waals surface area contributed by atoms with Crippen LogP contribution in [0, 0.1) is 12.8 Å². The Kier molecular flexibility index (Phi) is 4.86. The summed E-state index contributed by atoms with van der Waals surface area (Å²) in [7, 11) is 0. The third-order valence-corrected chi connectivity index (χ3v) is 4.20. The number of nitrogens with one attached hydrogen (secondary N) is 1. The molecule has 1 aromatic heterocycles. The first kappa shape index (κ1) is 15.5. The average molecular weight is 281 g/mol. The molecule has 0 unspecified atom stereocenters. The summed E-state index contributed by atoms with van der Waals surface area (Å²) in [4.78, 5) is 0. The van der Waals surface area contributed by atoms with Crippen LogP contribution >= 0.6 is 0 Å². The Labute approximate surface area is 120 Å². The molecule has 1 aromatic rings. The van der Waals surface area contributed by atoms with Gasteiger partial charge in [0, 0.05) is 23.5 Å². The molecular weight excluding hydrogens is 254 g/mol. The molecule has 5 N–H and O–H groups in total. The van der Waals surface area contributed by atoms with Crippen LogP contribution < -0.4 is 11.3 Å². The van der Waals surface area contributed by atoms with Crippen molar-refractivity contribution in [2.75, 3.05) is 0 Å². The van der Waals surface area contributed by atoms with E-state index in [1.54, 1.807) is 0 Å². The van der Waals surface area contributed by atoms with Crippen LogP contribution in [-0.2, 0) is 19.4 Å². The minimum absolute atomic E-state index is 0.551. The number of hydrazine groups is 1. The second-order valence-electron chi connectivity index (χ2n) is 6.19. The molecule has 5 nitrogen and oxygen atoms in total. The molecule has 1 aliphatic carbocycles. The molecule has 0 amide bonds. The topological polar surface area (TPSA) is 83.4 Å². The van der Waals surface area contributed by atoms with Gasteiger partial charge in [0.25, 0.3) is 0 Å². The monoisotopic (exact) mass is 281 g/mol. The van der Waals surface area contributed by atoms with Gasteiger partial charge in [-0.05, 0) is 44.1 Å². The number of aliphatic hydroxyl groups excluding tert-OH is 2. The number of aromatic nitrogens is 1. The highest BCUT2D eigenvalue weighted by atomic mass is 16.3. The number of aliphatic hydroxyl groups is 2. The fraction of sp³-hybridized carbons (Fsp3) is 0.733. The van der Waals surface area contributed by atoms with Gasteiger partial charge < -0.3 is 14.8 Å². The molecule has 114 valence electrons. The van der Waals surface area contributed by atoms with Gasteiger partial charge in [0.2, 0.25) is 0 Å². The van der Waals surface area contributed by atoms with Crippen molar-refractivity contribution in [3.63, 3.8) is 0 Å². The van der Waals surface area contributed by atoms with E-state index in [9.17, 15) is 10.2 Å². The molecule has 1 aliphatic rings. The van der Waals surface area contributed by atoms with E-state index in [1.807, 2.05) is 6.92 Å². The molecule has 2 rings (SSSR count). The number of hydrogen-bond acceptors (Lipinski definition) is 4. The predicted molar refractivity (Wildman–Crippen MR) is 78.9 cm³/mol. The Balaban J connectivity index is 2.48. The molecule has 1 heterocycles. The van der Waals surface area contributed by atoms with Gasteiger partial charge in [0.15, 0.2) is 0 Å². The number of nitrogens with two attached hydrogens (primary N) is 1. The van der Waals surface area contributed by atoms with Crippen LogP contribution in [-0.4, -0.2) is 21.0 Å². The van der Waals surface area contributed by atoms with E-state index in [2.05, 4.69) is 23.8 Å². The first-order valence-electron chi connectivity index (χ1n) is 7.50. The third kappa shape index (κ3) is 2.76. The smallest absolute Gasteiger partial charge is 0.147 e. The first-order valence-corrected chi connectivity index (χ1v) is 7.50. The van der Waals surface area contributed by atoms with Crippen molar-refractivity contribution < 1.29 is 10.2 Å². The maximum Gasteiger partial charge on any atom is 0.147 e. The number of nitrogens with zero attached hydrogens (tertiary/aromatic N) is 1. The van der Waals surface area contributed by atoms with Crippen LogP contribution in [0.3, 0.4) is 0 Å². The number of rotatable bonds is 5. The Bertz CT molecular complexity index is 468. The third-order valence-electron chi connectivity index (χ3n) is 4.20. The van der Waals surface area contributed by atoms with Crippen LogP contribution in [0.5, 0.6) is 0 Å². The van der Waals surface area contributed by atoms with Crippen LogP contribution in [0.1, 0.15) is 55.3 Å². The second-order valence-corrected chi connectivity index (χ2v) is 6.19. The van der Waals surface area contributed by atoms with Crippen molar-refractivity contribution in [2.45, 2.75) is 65.3 Å². The van der Waals surface area contributed by atoms with Crippen molar-refractivity contribution in [3.05, 3.63) is 22.5 Å². The molecule has 0 aromatic carbocycles. The molecule has 20 heavy (non-hydrogen) atoms. The Morgan fingerprint density at radius 2 is 1.90 bits per heavy atom. The normalized spacial score (nSPS) is 18.1. The Morgan fingerprint density at radius 1 is 1.25 bits per heavy atom. The lowest BCUT2D eigenvalue weighted by Gasteiger charge is -2.20. The van der Waals surface area contributed by atoms with E-state index in [4.69, 9.17) is 5.84 Å². The fourth-order valence-corrected chi connectivity index (χ4v) is 3.30. The summed E-state index contributed by atoms with van der Waals surface area (Å²) in [5.41, 5.74) is 6.73. The van der Waals surface area contributed by atoms with Crippen molar-refractivity contribution in [1.29, 1.82) is 0 Å². The minimum Gasteiger partial charge on any atom is -0.384 e. The molecule has 0 saturated carbocycles. The number of hydrogen-bond donors (Lipinski definition) is 4. The van der Waals surface area contributed by atoms with Crippen molar-refractivity contribution in [2.24, 2.45) is 11.8 Å². The van der Waals surface area contributed by atoms with Gasteiger partial charge in [0.05, 0.1) is 0 Å². The van der Waals surface area contributed by atoms with Crippen molar-refractivity contribution >= 4 is 0 Å². The van der Waals surface area contributed by atoms with Crippen LogP contribution in [0.4, 0.5) is 0 Å². The summed E-state index contributed by atoms with van der Waals surface area (Å²) in [6.07, 6.45) is 2.27. The molecular formula is C15H27N3O2. The van der Waals surface area contributed by atoms with Gasteiger partial charge in [-0.15, -0.1) is 0 Å². The summed E-state index contributed by atoms with van der Waals surface area (Å²) >= 11 is 0. The lowest BCUT2D eigenvalue weighted by atomic mass is 9.92. The van der Waals surface area contributed by atoms with E-state index >= 15 is 0 Å². The molecule has 0 fully saturated rings. The lowest BCUT2D eigenvalue weighted by molar-refractivity contribution is -0.00379. The molecule has 0 spiro atoms. The van der Waals surface area contributed by atoms with E-state index in [-0.39, 0.29) is 0 Å². The van der Waals surface area contributed by atoms with E-state index < -0.39 is 12.3 Å². The van der Waals surface area contributed by atoms with Gasteiger partial charge in [0.1, 0.15) is 12.3 Å². The van der Waals surface area contributed by atoms with E-state index in [1.165, 1.54) is 17.7 Å². The minimum atomic E-state index is -1.13. The zero-order valence-electron chi connectivity index (χ0n) is 12.7. The van der Waals surface area contributed by atoms with Crippen molar-refractivity contribution in [3.8, 4) is 0 Å². The van der Waals surface area contributed by atoms with E-state index in [0.29, 0.717) is 5.92 Å². The zero-order valence-corrected chi connectivity index (χ0v) is 12.7. The van der Waals surface area contributed by atoms with Crippen LogP contribution in [0.15, 0.2) is 0 Å². The van der Waals surface area contributed by atoms with Gasteiger partial charge in [-0.3, -0.25) is 5.84 Å². The first-order chi connectivity index (χ1) is 9.47. The highest BCUT2D eigenvalue weighted by Gasteiger charge is 2.29. The van der Waals surface area contributed by atoms with Crippen molar-refractivity contribution in [1.82, 2.24) is 9.99 Å². The SMILES string of the molecule is Cc1c([C@H](O)[C@@H](O)NN)c2c(n1CC(C)C)CCCC2. The Hall–Kier alpha value is -0.880. The highest BCUT2D eigenvalue weighted by Crippen LogP contribution is 2.35. The van der Waals surface area contributed by atoms with Crippen LogP contribution in [0.2, 0.25) is 0 Å². The molecule has 5 heteroatoms. The number of fused-ring (bicyclic) bond motifs is 1. The lowest BCUT2D eigenvalue weighted by Crippen LogP contribution is -2.40. The van der Waals surface area contributed by atoms with Gasteiger partial charge in [-0.25, -0.2) is 5.43 Å². The van der Waals surface area contributed by atoms with Crippen LogP contribution in [0.25, 0.3) is 0 Å². The van der Waals surface area contributed by atoms with Gasteiger partial charge >= 0.3 is 0 Å². The second kappa shape index (κ2) is 6.26. The molecule has 0 saturated heterocycles. The maximum atomic E-state index is 10.4.